The first-order valence-corrected chi connectivity index (χ1v) is 14.7. The normalized spacial score (nSPS) is 16.9. The zero-order chi connectivity index (χ0) is 30.0. The molecule has 6 rings (SSSR count). The molecule has 0 spiro atoms. The molecule has 0 bridgehead atoms. The molecule has 0 unspecified atom stereocenters. The Bertz CT molecular complexity index is 1620. The molecule has 12 heteroatoms. The molecule has 0 radical (unpaired) electrons. The molecule has 4 aromatic rings. The summed E-state index contributed by atoms with van der Waals surface area (Å²) in [6, 6.07) is 21.6. The molecular formula is C34H38Cl3F3N4O2. The molecule has 3 aromatic carbocycles. The van der Waals surface area contributed by atoms with E-state index in [2.05, 4.69) is 51.2 Å². The first-order chi connectivity index (χ1) is 20.8. The maximum absolute atomic E-state index is 13.9. The highest BCUT2D eigenvalue weighted by Gasteiger charge is 2.35. The number of methoxy groups -OCH3 is 1. The quantitative estimate of drug-likeness (QED) is 0.209. The number of fused-ring (bicyclic) bond motifs is 2. The minimum Gasteiger partial charge on any atom is -0.497 e. The lowest BCUT2D eigenvalue weighted by Crippen LogP contribution is -2.57. The average molecular weight is 698 g/mol. The molecule has 0 aliphatic carbocycles. The summed E-state index contributed by atoms with van der Waals surface area (Å²) in [5.74, 6) is -0.392. The first-order valence-electron chi connectivity index (χ1n) is 14.7. The van der Waals surface area contributed by atoms with E-state index in [9.17, 15) is 18.0 Å². The maximum atomic E-state index is 13.9. The van der Waals surface area contributed by atoms with Crippen molar-refractivity contribution in [3.63, 3.8) is 0 Å². The Balaban J connectivity index is 0.00000192. The number of hydrogen-bond donors (Lipinski definition) is 0. The van der Waals surface area contributed by atoms with Crippen LogP contribution in [-0.2, 0) is 25.6 Å². The lowest BCUT2D eigenvalue weighted by Gasteiger charge is -2.42. The summed E-state index contributed by atoms with van der Waals surface area (Å²) in [7, 11) is 1.31. The zero-order valence-corrected chi connectivity index (χ0v) is 27.9. The second-order valence-corrected chi connectivity index (χ2v) is 11.4. The number of rotatable bonds is 7. The van der Waals surface area contributed by atoms with Crippen molar-refractivity contribution in [3.05, 3.63) is 107 Å². The number of halogens is 6. The number of carbonyl (C=O) groups is 1. The number of nitrogens with zero attached hydrogens (tertiary/aromatic N) is 4. The largest absolute Gasteiger partial charge is 0.497 e. The molecule has 46 heavy (non-hydrogen) atoms. The second kappa shape index (κ2) is 16.2. The average Bonchev–Trinajstić information content (AvgIpc) is 3.02. The topological polar surface area (TPSA) is 48.9 Å². The van der Waals surface area contributed by atoms with Crippen LogP contribution in [-0.4, -0.2) is 78.0 Å². The van der Waals surface area contributed by atoms with Gasteiger partial charge in [0.15, 0.2) is 0 Å². The van der Waals surface area contributed by atoms with Crippen molar-refractivity contribution >= 4 is 53.9 Å². The molecule has 248 valence electrons. The lowest BCUT2D eigenvalue weighted by molar-refractivity contribution is -0.137. The molecule has 2 aliphatic heterocycles. The Hall–Kier alpha value is -3.08. The van der Waals surface area contributed by atoms with Crippen molar-refractivity contribution in [3.8, 4) is 5.75 Å². The van der Waals surface area contributed by atoms with Crippen LogP contribution in [0.1, 0.15) is 32.7 Å². The van der Waals surface area contributed by atoms with Gasteiger partial charge in [-0.2, -0.15) is 13.2 Å². The SMILES string of the molecule is COc1cc(C(=O)N2CCN(CCN3CCc4ncccc4C3)C[C@H]2Cc2ccc3ccccc3c2)cc(C(F)(F)F)c1.Cl.Cl.Cl. The van der Waals surface area contributed by atoms with Gasteiger partial charge >= 0.3 is 6.18 Å². The van der Waals surface area contributed by atoms with E-state index in [1.807, 2.05) is 24.4 Å². The fourth-order valence-electron chi connectivity index (χ4n) is 6.27. The van der Waals surface area contributed by atoms with E-state index >= 15 is 0 Å². The second-order valence-electron chi connectivity index (χ2n) is 11.4. The third kappa shape index (κ3) is 8.63. The summed E-state index contributed by atoms with van der Waals surface area (Å²) >= 11 is 0. The molecular weight excluding hydrogens is 660 g/mol. The fraction of sp³-hybridized carbons (Fsp3) is 0.353. The van der Waals surface area contributed by atoms with Crippen molar-refractivity contribution in [2.45, 2.75) is 31.6 Å². The Morgan fingerprint density at radius 2 is 1.65 bits per heavy atom. The van der Waals surface area contributed by atoms with E-state index in [4.69, 9.17) is 4.74 Å². The number of piperazine rings is 1. The van der Waals surface area contributed by atoms with E-state index < -0.39 is 17.6 Å². The van der Waals surface area contributed by atoms with Crippen LogP contribution >= 0.6 is 37.2 Å². The van der Waals surface area contributed by atoms with Gasteiger partial charge in [0.05, 0.1) is 12.7 Å². The highest BCUT2D eigenvalue weighted by Crippen LogP contribution is 2.33. The van der Waals surface area contributed by atoms with Crippen LogP contribution in [0.2, 0.25) is 0 Å². The van der Waals surface area contributed by atoms with Crippen LogP contribution in [0.5, 0.6) is 5.75 Å². The van der Waals surface area contributed by atoms with Gasteiger partial charge in [0.25, 0.3) is 5.91 Å². The van der Waals surface area contributed by atoms with Crippen molar-refractivity contribution in [2.75, 3.05) is 46.4 Å². The highest BCUT2D eigenvalue weighted by molar-refractivity contribution is 5.95. The molecule has 1 saturated heterocycles. The lowest BCUT2D eigenvalue weighted by atomic mass is 9.98. The van der Waals surface area contributed by atoms with E-state index in [0.717, 1.165) is 61.1 Å². The first kappa shape index (κ1) is 37.4. The van der Waals surface area contributed by atoms with E-state index in [1.165, 1.54) is 24.4 Å². The smallest absolute Gasteiger partial charge is 0.416 e. The summed E-state index contributed by atoms with van der Waals surface area (Å²) in [4.78, 5) is 24.9. The highest BCUT2D eigenvalue weighted by atomic mass is 35.5. The summed E-state index contributed by atoms with van der Waals surface area (Å²) in [5.41, 5.74) is 2.63. The minimum atomic E-state index is -4.59. The molecule has 2 aliphatic rings. The summed E-state index contributed by atoms with van der Waals surface area (Å²) in [6.07, 6.45) is -1.20. The number of hydrogen-bond acceptors (Lipinski definition) is 5. The van der Waals surface area contributed by atoms with Gasteiger partial charge in [-0.05, 0) is 52.6 Å². The number of benzene rings is 3. The monoisotopic (exact) mass is 696 g/mol. The van der Waals surface area contributed by atoms with Gasteiger partial charge in [-0.15, -0.1) is 37.2 Å². The van der Waals surface area contributed by atoms with Crippen LogP contribution in [0.15, 0.2) is 79.0 Å². The summed E-state index contributed by atoms with van der Waals surface area (Å²) < 4.78 is 46.1. The van der Waals surface area contributed by atoms with Gasteiger partial charge in [0.1, 0.15) is 5.75 Å². The standard InChI is InChI=1S/C34H35F3N4O2.3ClH/c1-43-31-20-28(19-29(21-31)34(35,36)37)33(42)41-16-15-40(14-13-39-12-10-32-27(22-39)7-4-11-38-32)23-30(41)18-24-8-9-25-5-2-3-6-26(25)17-24;;;/h2-9,11,17,19-21,30H,10,12-16,18,22-23H2,1H3;3*1H/t30-;;;/m1.../s1. The third-order valence-corrected chi connectivity index (χ3v) is 8.61. The molecule has 6 nitrogen and oxygen atoms in total. The Labute approximate surface area is 286 Å². The van der Waals surface area contributed by atoms with Crippen molar-refractivity contribution in [1.82, 2.24) is 19.7 Å². The van der Waals surface area contributed by atoms with Crippen LogP contribution in [0.25, 0.3) is 10.8 Å². The number of carbonyl (C=O) groups excluding carboxylic acids is 1. The molecule has 0 N–H and O–H groups in total. The van der Waals surface area contributed by atoms with Crippen molar-refractivity contribution in [1.29, 1.82) is 0 Å². The zero-order valence-electron chi connectivity index (χ0n) is 25.4. The maximum Gasteiger partial charge on any atom is 0.416 e. The third-order valence-electron chi connectivity index (χ3n) is 8.61. The van der Waals surface area contributed by atoms with Gasteiger partial charge in [-0.1, -0.05) is 48.5 Å². The predicted molar refractivity (Wildman–Crippen MR) is 182 cm³/mol. The summed E-state index contributed by atoms with van der Waals surface area (Å²) in [6.45, 7) is 5.31. The van der Waals surface area contributed by atoms with Gasteiger partial charge < -0.3 is 9.64 Å². The van der Waals surface area contributed by atoms with E-state index in [0.29, 0.717) is 26.1 Å². The Morgan fingerprint density at radius 3 is 2.41 bits per heavy atom. The van der Waals surface area contributed by atoms with Gasteiger partial charge in [-0.25, -0.2) is 0 Å². The molecule has 0 saturated carbocycles. The number of amides is 1. The Kier molecular flexibility index (Phi) is 13.1. The Morgan fingerprint density at radius 1 is 0.891 bits per heavy atom. The van der Waals surface area contributed by atoms with Gasteiger partial charge in [-0.3, -0.25) is 19.6 Å². The number of alkyl halides is 3. The molecule has 3 heterocycles. The van der Waals surface area contributed by atoms with Crippen molar-refractivity contribution in [2.24, 2.45) is 0 Å². The van der Waals surface area contributed by atoms with Gasteiger partial charge in [0, 0.05) is 75.7 Å². The molecule has 1 fully saturated rings. The van der Waals surface area contributed by atoms with Crippen LogP contribution in [0.4, 0.5) is 13.2 Å². The van der Waals surface area contributed by atoms with Crippen molar-refractivity contribution < 1.29 is 22.7 Å². The van der Waals surface area contributed by atoms with Crippen LogP contribution in [0.3, 0.4) is 0 Å². The van der Waals surface area contributed by atoms with Crippen LogP contribution < -0.4 is 4.74 Å². The molecule has 1 atom stereocenters. The van der Waals surface area contributed by atoms with Gasteiger partial charge in [0.2, 0.25) is 0 Å². The number of ether oxygens (including phenoxy) is 1. The summed E-state index contributed by atoms with van der Waals surface area (Å²) in [5, 5.41) is 2.26. The number of pyridine rings is 1. The van der Waals surface area contributed by atoms with E-state index in [1.54, 1.807) is 4.90 Å². The minimum absolute atomic E-state index is 0. The fourth-order valence-corrected chi connectivity index (χ4v) is 6.27. The van der Waals surface area contributed by atoms with Crippen LogP contribution in [0, 0.1) is 0 Å². The predicted octanol–water partition coefficient (Wildman–Crippen LogP) is 6.96. The molecule has 1 aromatic heterocycles. The molecule has 1 amide bonds. The number of aromatic nitrogens is 1. The van der Waals surface area contributed by atoms with E-state index in [-0.39, 0.29) is 54.6 Å².